The maximum atomic E-state index is 14.6. The summed E-state index contributed by atoms with van der Waals surface area (Å²) in [6.07, 6.45) is 10.7. The average molecular weight is 681 g/mol. The number of nitrogens with zero attached hydrogens (tertiary/aromatic N) is 9. The molecule has 2 atom stereocenters. The fraction of sp³-hybridized carbons (Fsp3) is 0.543. The molecule has 0 aromatic carbocycles. The van der Waals surface area contributed by atoms with Crippen LogP contribution in [0.5, 0.6) is 11.6 Å². The summed E-state index contributed by atoms with van der Waals surface area (Å²) in [5.41, 5.74) is 2.66. The van der Waals surface area contributed by atoms with Crippen LogP contribution in [0.15, 0.2) is 29.5 Å². The molecular formula is C35H40N10O5. The van der Waals surface area contributed by atoms with Gasteiger partial charge >= 0.3 is 0 Å². The van der Waals surface area contributed by atoms with Gasteiger partial charge in [-0.25, -0.2) is 15.0 Å². The number of carbonyl (C=O) groups is 2. The number of hydrogen-bond acceptors (Lipinski definition) is 11. The highest BCUT2D eigenvalue weighted by atomic mass is 16.5. The topological polar surface area (TPSA) is 173 Å². The zero-order valence-corrected chi connectivity index (χ0v) is 28.4. The van der Waals surface area contributed by atoms with Crippen molar-refractivity contribution in [2.45, 2.75) is 89.4 Å². The molecule has 4 aromatic heterocycles. The van der Waals surface area contributed by atoms with Gasteiger partial charge in [-0.1, -0.05) is 6.92 Å². The minimum absolute atomic E-state index is 0.00236. The molecule has 4 aromatic rings. The summed E-state index contributed by atoms with van der Waals surface area (Å²) in [5, 5.41) is 23.4. The van der Waals surface area contributed by atoms with Gasteiger partial charge in [-0.2, -0.15) is 0 Å². The van der Waals surface area contributed by atoms with Crippen LogP contribution in [0.1, 0.15) is 73.7 Å². The zero-order chi connectivity index (χ0) is 34.5. The summed E-state index contributed by atoms with van der Waals surface area (Å²) >= 11 is 0. The number of ether oxygens (including phenoxy) is 1. The first-order valence-corrected chi connectivity index (χ1v) is 17.6. The smallest absolute Gasteiger partial charge is 0.276 e. The number of pyridine rings is 2. The number of piperazine rings is 1. The van der Waals surface area contributed by atoms with Crippen LogP contribution in [-0.4, -0.2) is 94.2 Å². The number of fused-ring (bicyclic) bond motifs is 2. The molecule has 15 nitrogen and oxygen atoms in total. The van der Waals surface area contributed by atoms with Gasteiger partial charge in [0.1, 0.15) is 18.6 Å². The van der Waals surface area contributed by atoms with E-state index in [0.29, 0.717) is 59.2 Å². The lowest BCUT2D eigenvalue weighted by Gasteiger charge is -2.71. The third kappa shape index (κ3) is 4.54. The van der Waals surface area contributed by atoms with E-state index in [2.05, 4.69) is 30.3 Å². The van der Waals surface area contributed by atoms with Gasteiger partial charge in [-0.15, -0.1) is 15.0 Å². The first-order valence-electron chi connectivity index (χ1n) is 17.6. The van der Waals surface area contributed by atoms with Gasteiger partial charge in [0, 0.05) is 42.6 Å². The maximum absolute atomic E-state index is 14.6. The number of anilines is 1. The number of carbonyl (C=O) groups excluding carboxylic acids is 2. The Labute approximate surface area is 287 Å². The molecule has 15 heteroatoms. The lowest BCUT2D eigenvalue weighted by molar-refractivity contribution is -0.176. The highest BCUT2D eigenvalue weighted by Gasteiger charge is 2.72. The normalized spacial score (nSPS) is 26.5. The fourth-order valence-corrected chi connectivity index (χ4v) is 9.34. The Balaban J connectivity index is 1.08. The largest absolute Gasteiger partial charge is 0.504 e. The van der Waals surface area contributed by atoms with Crippen molar-refractivity contribution >= 4 is 28.7 Å². The lowest BCUT2D eigenvalue weighted by atomic mass is 9.37. The van der Waals surface area contributed by atoms with Crippen molar-refractivity contribution in [1.29, 1.82) is 0 Å². The zero-order valence-electron chi connectivity index (χ0n) is 28.4. The van der Waals surface area contributed by atoms with E-state index < -0.39 is 0 Å². The molecule has 6 fully saturated rings. The van der Waals surface area contributed by atoms with Gasteiger partial charge < -0.3 is 29.5 Å². The van der Waals surface area contributed by atoms with E-state index in [0.717, 1.165) is 38.0 Å². The molecule has 5 heterocycles. The van der Waals surface area contributed by atoms with E-state index in [1.54, 1.807) is 30.2 Å². The summed E-state index contributed by atoms with van der Waals surface area (Å²) in [4.78, 5) is 59.6. The Hall–Kier alpha value is -5.08. The first kappa shape index (κ1) is 30.9. The van der Waals surface area contributed by atoms with Gasteiger partial charge in [0.05, 0.1) is 24.5 Å². The van der Waals surface area contributed by atoms with Crippen molar-refractivity contribution in [2.75, 3.05) is 25.1 Å². The second kappa shape index (κ2) is 11.0. The van der Waals surface area contributed by atoms with Crippen molar-refractivity contribution < 1.29 is 19.4 Å². The van der Waals surface area contributed by atoms with Crippen LogP contribution in [0.3, 0.4) is 0 Å². The maximum Gasteiger partial charge on any atom is 0.276 e. The fourth-order valence-electron chi connectivity index (χ4n) is 9.34. The highest BCUT2D eigenvalue weighted by molar-refractivity contribution is 5.95. The molecule has 2 amide bonds. The van der Waals surface area contributed by atoms with E-state index in [4.69, 9.17) is 9.84 Å². The van der Waals surface area contributed by atoms with E-state index in [-0.39, 0.29) is 58.4 Å². The van der Waals surface area contributed by atoms with Crippen molar-refractivity contribution in [3.05, 3.63) is 52.0 Å². The highest BCUT2D eigenvalue weighted by Crippen LogP contribution is 2.75. The molecule has 0 radical (unpaired) electrons. The minimum atomic E-state index is -0.351. The molecule has 260 valence electrons. The predicted molar refractivity (Wildman–Crippen MR) is 180 cm³/mol. The molecule has 0 unspecified atom stereocenters. The Morgan fingerprint density at radius 1 is 1.06 bits per heavy atom. The molecule has 50 heavy (non-hydrogen) atoms. The van der Waals surface area contributed by atoms with Crippen LogP contribution >= 0.6 is 0 Å². The summed E-state index contributed by atoms with van der Waals surface area (Å²) in [5.74, 6) is 0.543. The average Bonchev–Trinajstić information content (AvgIpc) is 3.81. The second-order valence-electron chi connectivity index (χ2n) is 14.8. The molecule has 0 spiro atoms. The SMILES string of the molecule is CCc1c(N2CCN(C(=O)c3ncnc(C)c3O)[C@H]3CC[C@@H]32)c(=O)c2nn(-c3ccnc(OC)c3)nc2n1CC(=O)NC12CC(C3CC3)(C1)C2. The van der Waals surface area contributed by atoms with E-state index in [1.807, 2.05) is 11.5 Å². The number of nitrogens with one attached hydrogen (secondary N) is 1. The van der Waals surface area contributed by atoms with Gasteiger partial charge in [0.2, 0.25) is 17.2 Å². The standard InChI is InChI=1S/C35H40N10O5/c1-4-22-29(42-11-12-43(24-8-7-23(24)42)33(49)28-30(47)19(2)37-18-38-28)31(48)27-32(41-45(40-27)21-9-10-36-26(13-21)50-3)44(22)14-25(46)39-35-15-34(16-35,17-35)20-5-6-20/h9-10,13,18,20,23-24,47H,4-8,11-12,14-17H2,1-3H3,(H,39,46)/t23-,24-,34?,35?/m0/s1. The predicted octanol–water partition coefficient (Wildman–Crippen LogP) is 2.29. The minimum Gasteiger partial charge on any atom is -0.504 e. The number of amides is 2. The quantitative estimate of drug-likeness (QED) is 0.266. The molecule has 2 N–H and O–H groups in total. The first-order chi connectivity index (χ1) is 24.1. The summed E-state index contributed by atoms with van der Waals surface area (Å²) in [6, 6.07) is 3.11. The van der Waals surface area contributed by atoms with E-state index in [9.17, 15) is 19.5 Å². The van der Waals surface area contributed by atoms with Crippen LogP contribution in [0.25, 0.3) is 16.9 Å². The molecule has 5 aliphatic carbocycles. The Kier molecular flexibility index (Phi) is 6.78. The molecule has 10 rings (SSSR count). The number of aryl methyl sites for hydroxylation is 1. The van der Waals surface area contributed by atoms with Gasteiger partial charge in [-0.05, 0) is 75.7 Å². The Morgan fingerprint density at radius 2 is 1.84 bits per heavy atom. The number of hydrogen-bond donors (Lipinski definition) is 2. The van der Waals surface area contributed by atoms with Crippen molar-refractivity contribution in [1.82, 2.24) is 44.7 Å². The van der Waals surface area contributed by atoms with Gasteiger partial charge in [-0.3, -0.25) is 14.4 Å². The molecule has 1 saturated heterocycles. The summed E-state index contributed by atoms with van der Waals surface area (Å²) in [6.45, 7) is 4.34. The number of rotatable bonds is 9. The van der Waals surface area contributed by atoms with Crippen LogP contribution < -0.4 is 20.4 Å². The van der Waals surface area contributed by atoms with Crippen LogP contribution in [0.4, 0.5) is 5.69 Å². The summed E-state index contributed by atoms with van der Waals surface area (Å²) < 4.78 is 7.18. The Morgan fingerprint density at radius 3 is 2.54 bits per heavy atom. The molecule has 5 saturated carbocycles. The van der Waals surface area contributed by atoms with Crippen LogP contribution in [0, 0.1) is 18.3 Å². The second-order valence-corrected chi connectivity index (χ2v) is 14.8. The third-order valence-electron chi connectivity index (χ3n) is 11.9. The van der Waals surface area contributed by atoms with Crippen LogP contribution in [0.2, 0.25) is 0 Å². The van der Waals surface area contributed by atoms with E-state index in [1.165, 1.54) is 31.1 Å². The van der Waals surface area contributed by atoms with Crippen molar-refractivity contribution in [2.24, 2.45) is 11.3 Å². The molecule has 2 bridgehead atoms. The third-order valence-corrected chi connectivity index (χ3v) is 11.9. The molecule has 1 aliphatic heterocycles. The number of methoxy groups -OCH3 is 1. The monoisotopic (exact) mass is 680 g/mol. The Bertz CT molecular complexity index is 2120. The van der Waals surface area contributed by atoms with Crippen molar-refractivity contribution in [3.63, 3.8) is 0 Å². The number of aromatic nitrogens is 7. The van der Waals surface area contributed by atoms with Crippen LogP contribution in [-0.2, 0) is 17.8 Å². The van der Waals surface area contributed by atoms with E-state index >= 15 is 0 Å². The van der Waals surface area contributed by atoms with Gasteiger partial charge in [0.15, 0.2) is 22.6 Å². The number of aromatic hydroxyl groups is 1. The molecular weight excluding hydrogens is 640 g/mol. The van der Waals surface area contributed by atoms with Crippen molar-refractivity contribution in [3.8, 4) is 17.3 Å². The summed E-state index contributed by atoms with van der Waals surface area (Å²) in [7, 11) is 1.53. The van der Waals surface area contributed by atoms with Gasteiger partial charge in [0.25, 0.3) is 5.91 Å². The molecule has 6 aliphatic rings. The lowest BCUT2D eigenvalue weighted by Crippen LogP contribution is -2.75.